The summed E-state index contributed by atoms with van der Waals surface area (Å²) in [6.07, 6.45) is 5.20. The van der Waals surface area contributed by atoms with Crippen molar-refractivity contribution < 1.29 is 28.5 Å². The second-order valence-corrected chi connectivity index (χ2v) is 11.6. The number of aliphatic hydroxyl groups is 1. The first-order valence-electron chi connectivity index (χ1n) is 12.2. The molecule has 1 fully saturated rings. The van der Waals surface area contributed by atoms with Gasteiger partial charge in [-0.3, -0.25) is 4.79 Å². The third kappa shape index (κ3) is 5.26. The standard InChI is InChI=1S/C26H30N4O6S2/c1-15(33-4)10-20-18(11-21(36-20)19-12-30-23(28-19)38-24(29-30)34-5)25(2,3)35-13-16-14-37-22(27-16)26(32)8-6-17(31)7-9-26/h10-12,14,32H,6-9,13H2,1-5H3/b15-10+. The van der Waals surface area contributed by atoms with Crippen LogP contribution in [0.1, 0.15) is 68.5 Å². The summed E-state index contributed by atoms with van der Waals surface area (Å²) in [5.41, 5.74) is 0.398. The molecule has 1 aliphatic rings. The summed E-state index contributed by atoms with van der Waals surface area (Å²) < 4.78 is 24.8. The Morgan fingerprint density at radius 3 is 2.74 bits per heavy atom. The minimum atomic E-state index is -1.04. The van der Waals surface area contributed by atoms with Gasteiger partial charge < -0.3 is 23.7 Å². The van der Waals surface area contributed by atoms with Gasteiger partial charge in [0.2, 0.25) is 4.96 Å². The van der Waals surface area contributed by atoms with Crippen molar-refractivity contribution in [2.24, 2.45) is 0 Å². The first-order chi connectivity index (χ1) is 18.1. The third-order valence-electron chi connectivity index (χ3n) is 6.68. The van der Waals surface area contributed by atoms with E-state index in [0.29, 0.717) is 63.8 Å². The van der Waals surface area contributed by atoms with Gasteiger partial charge in [-0.05, 0) is 51.0 Å². The first-order valence-corrected chi connectivity index (χ1v) is 13.9. The highest BCUT2D eigenvalue weighted by Crippen LogP contribution is 2.39. The number of Topliss-reactive ketones (excluding diaryl/α,β-unsaturated/α-hetero) is 1. The summed E-state index contributed by atoms with van der Waals surface area (Å²) in [5, 5.41) is 18.4. The second kappa shape index (κ2) is 10.3. The molecular formula is C26H30N4O6S2. The Balaban J connectivity index is 1.38. The van der Waals surface area contributed by atoms with E-state index in [1.807, 2.05) is 38.3 Å². The van der Waals surface area contributed by atoms with Gasteiger partial charge in [-0.15, -0.1) is 16.4 Å². The number of thiazole rings is 1. The number of allylic oxidation sites excluding steroid dienone is 1. The summed E-state index contributed by atoms with van der Waals surface area (Å²) in [6, 6.07) is 1.92. The highest BCUT2D eigenvalue weighted by atomic mass is 32.1. The van der Waals surface area contributed by atoms with Gasteiger partial charge in [-0.1, -0.05) is 0 Å². The number of aromatic nitrogens is 4. The van der Waals surface area contributed by atoms with Crippen molar-refractivity contribution in [1.29, 1.82) is 0 Å². The molecule has 0 radical (unpaired) electrons. The molecule has 0 unspecified atom stereocenters. The van der Waals surface area contributed by atoms with Crippen LogP contribution in [-0.4, -0.2) is 44.7 Å². The van der Waals surface area contributed by atoms with E-state index in [1.54, 1.807) is 24.9 Å². The molecule has 202 valence electrons. The Hall–Kier alpha value is -3.06. The molecule has 1 N–H and O–H groups in total. The summed E-state index contributed by atoms with van der Waals surface area (Å²) in [5.74, 6) is 2.05. The number of furan rings is 1. The molecule has 0 bridgehead atoms. The molecule has 0 aromatic carbocycles. The molecule has 5 rings (SSSR count). The van der Waals surface area contributed by atoms with Gasteiger partial charge in [0.1, 0.15) is 27.8 Å². The van der Waals surface area contributed by atoms with E-state index < -0.39 is 11.2 Å². The average molecular weight is 559 g/mol. The van der Waals surface area contributed by atoms with E-state index in [2.05, 4.69) is 15.1 Å². The number of rotatable bonds is 9. The normalized spacial score (nSPS) is 16.4. The molecule has 0 saturated heterocycles. The minimum Gasteiger partial charge on any atom is -0.501 e. The molecule has 0 aliphatic heterocycles. The quantitative estimate of drug-likeness (QED) is 0.273. The van der Waals surface area contributed by atoms with Crippen molar-refractivity contribution in [3.63, 3.8) is 0 Å². The Morgan fingerprint density at radius 2 is 2.05 bits per heavy atom. The van der Waals surface area contributed by atoms with Crippen LogP contribution in [0.25, 0.3) is 22.5 Å². The second-order valence-electron chi connectivity index (χ2n) is 9.79. The maximum atomic E-state index is 11.6. The van der Waals surface area contributed by atoms with Crippen LogP contribution in [0.5, 0.6) is 5.19 Å². The monoisotopic (exact) mass is 558 g/mol. The molecule has 0 amide bonds. The zero-order valence-corrected chi connectivity index (χ0v) is 23.6. The average Bonchev–Trinajstić information content (AvgIpc) is 3.67. The number of hydrogen-bond donors (Lipinski definition) is 1. The minimum absolute atomic E-state index is 0.191. The Bertz CT molecular complexity index is 1450. The van der Waals surface area contributed by atoms with Crippen molar-refractivity contribution in [3.8, 4) is 16.6 Å². The Kier molecular flexibility index (Phi) is 7.16. The molecule has 0 spiro atoms. The Labute approximate surface area is 227 Å². The van der Waals surface area contributed by atoms with Crippen molar-refractivity contribution in [1.82, 2.24) is 19.6 Å². The van der Waals surface area contributed by atoms with Gasteiger partial charge in [0, 0.05) is 29.9 Å². The van der Waals surface area contributed by atoms with Crippen molar-refractivity contribution in [2.45, 2.75) is 64.3 Å². The van der Waals surface area contributed by atoms with Crippen molar-refractivity contribution in [2.75, 3.05) is 14.2 Å². The number of carbonyl (C=O) groups is 1. The lowest BCUT2D eigenvalue weighted by Crippen LogP contribution is -2.31. The van der Waals surface area contributed by atoms with E-state index in [0.717, 1.165) is 11.3 Å². The number of ether oxygens (including phenoxy) is 3. The molecule has 4 aromatic rings. The molecule has 1 aliphatic carbocycles. The van der Waals surface area contributed by atoms with E-state index in [1.165, 1.54) is 22.7 Å². The fourth-order valence-corrected chi connectivity index (χ4v) is 5.97. The van der Waals surface area contributed by atoms with Crippen LogP contribution in [-0.2, 0) is 32.1 Å². The van der Waals surface area contributed by atoms with Gasteiger partial charge >= 0.3 is 0 Å². The molecule has 4 aromatic heterocycles. The Morgan fingerprint density at radius 1 is 1.29 bits per heavy atom. The molecule has 4 heterocycles. The number of nitrogens with zero attached hydrogens (tertiary/aromatic N) is 4. The maximum Gasteiger partial charge on any atom is 0.294 e. The zero-order valence-electron chi connectivity index (χ0n) is 21.9. The van der Waals surface area contributed by atoms with Gasteiger partial charge in [0.25, 0.3) is 5.19 Å². The number of methoxy groups -OCH3 is 2. The fourth-order valence-electron chi connectivity index (χ4n) is 4.31. The van der Waals surface area contributed by atoms with E-state index in [4.69, 9.17) is 18.6 Å². The largest absolute Gasteiger partial charge is 0.501 e. The van der Waals surface area contributed by atoms with Crippen LogP contribution in [0.2, 0.25) is 0 Å². The number of fused-ring (bicyclic) bond motifs is 1. The SMILES string of the molecule is CO/C(C)=C/c1oc(-c2cn3nc(OC)sc3n2)cc1C(C)(C)OCc1csc(C2(O)CCC(=O)CC2)n1. The van der Waals surface area contributed by atoms with Crippen molar-refractivity contribution in [3.05, 3.63) is 45.4 Å². The van der Waals surface area contributed by atoms with Gasteiger partial charge in [0.05, 0.1) is 44.1 Å². The molecule has 10 nitrogen and oxygen atoms in total. The molecule has 1 saturated carbocycles. The third-order valence-corrected chi connectivity index (χ3v) is 8.65. The summed E-state index contributed by atoms with van der Waals surface area (Å²) >= 11 is 2.74. The number of carbonyl (C=O) groups excluding carboxylic acids is 1. The van der Waals surface area contributed by atoms with E-state index >= 15 is 0 Å². The molecule has 38 heavy (non-hydrogen) atoms. The topological polar surface area (TPSA) is 121 Å². The van der Waals surface area contributed by atoms with Crippen LogP contribution in [0, 0.1) is 0 Å². The molecule has 0 atom stereocenters. The van der Waals surface area contributed by atoms with Crippen LogP contribution in [0.15, 0.2) is 27.8 Å². The summed E-state index contributed by atoms with van der Waals surface area (Å²) in [6.45, 7) is 6.03. The first kappa shape index (κ1) is 26.5. The lowest BCUT2D eigenvalue weighted by atomic mass is 9.85. The van der Waals surface area contributed by atoms with Crippen molar-refractivity contribution >= 4 is 39.5 Å². The van der Waals surface area contributed by atoms with Gasteiger partial charge in [-0.2, -0.15) is 0 Å². The summed E-state index contributed by atoms with van der Waals surface area (Å²) in [7, 11) is 3.18. The lowest BCUT2D eigenvalue weighted by Gasteiger charge is -2.29. The van der Waals surface area contributed by atoms with Crippen LogP contribution in [0.4, 0.5) is 0 Å². The van der Waals surface area contributed by atoms with Gasteiger partial charge in [-0.25, -0.2) is 14.5 Å². The highest BCUT2D eigenvalue weighted by molar-refractivity contribution is 7.18. The number of hydrogen-bond acceptors (Lipinski definition) is 11. The number of ketones is 1. The van der Waals surface area contributed by atoms with E-state index in [-0.39, 0.29) is 12.4 Å². The van der Waals surface area contributed by atoms with E-state index in [9.17, 15) is 9.90 Å². The van der Waals surface area contributed by atoms with Crippen LogP contribution in [0.3, 0.4) is 0 Å². The van der Waals surface area contributed by atoms with Crippen LogP contribution >= 0.6 is 22.7 Å². The zero-order chi connectivity index (χ0) is 27.1. The summed E-state index contributed by atoms with van der Waals surface area (Å²) in [4.78, 5) is 21.6. The number of imidazole rings is 1. The maximum absolute atomic E-state index is 11.6. The fraction of sp³-hybridized carbons (Fsp3) is 0.462. The molecular weight excluding hydrogens is 528 g/mol. The van der Waals surface area contributed by atoms with Gasteiger partial charge in [0.15, 0.2) is 5.76 Å². The highest BCUT2D eigenvalue weighted by Gasteiger charge is 2.37. The predicted octanol–water partition coefficient (Wildman–Crippen LogP) is 5.31. The predicted molar refractivity (Wildman–Crippen MR) is 143 cm³/mol. The van der Waals surface area contributed by atoms with Crippen LogP contribution < -0.4 is 4.74 Å². The lowest BCUT2D eigenvalue weighted by molar-refractivity contribution is -0.125. The smallest absolute Gasteiger partial charge is 0.294 e. The molecule has 12 heteroatoms.